The largest absolute Gasteiger partial charge is 0.495 e. The first-order valence-corrected chi connectivity index (χ1v) is 8.42. The number of aryl methyl sites for hydroxylation is 1. The summed E-state index contributed by atoms with van der Waals surface area (Å²) in [5.41, 5.74) is 2.08. The molecule has 7 nitrogen and oxygen atoms in total. The molecule has 0 saturated carbocycles. The van der Waals surface area contributed by atoms with Crippen LogP contribution in [0.2, 0.25) is 5.02 Å². The summed E-state index contributed by atoms with van der Waals surface area (Å²) in [5, 5.41) is 13.8. The van der Waals surface area contributed by atoms with Crippen molar-refractivity contribution in [1.82, 2.24) is 29.9 Å². The number of hydrogen-bond acceptors (Lipinski definition) is 4. The molecular formula is C17H15ClF2N6O. The standard InChI is InChI=1S/C17H15ClF2N6O/c1-7(19)16-23-17(25-24-16)15-11(8-5-21-22-6-8)9-4-10(27-3)12(18)13(20)14(9)26(15)2/h4-7H,1-3H3,(H,21,22)(H,23,24,25)/t7-/m1/s1. The molecule has 0 fully saturated rings. The summed E-state index contributed by atoms with van der Waals surface area (Å²) in [4.78, 5) is 4.22. The number of halogens is 3. The van der Waals surface area contributed by atoms with Crippen LogP contribution >= 0.6 is 11.6 Å². The van der Waals surface area contributed by atoms with Crippen molar-refractivity contribution in [1.29, 1.82) is 0 Å². The van der Waals surface area contributed by atoms with Crippen LogP contribution in [-0.4, -0.2) is 37.1 Å². The molecule has 2 N–H and O–H groups in total. The average molecular weight is 393 g/mol. The number of fused-ring (bicyclic) bond motifs is 1. The molecule has 0 amide bonds. The molecule has 4 aromatic rings. The number of ether oxygens (including phenoxy) is 1. The third kappa shape index (κ3) is 2.57. The van der Waals surface area contributed by atoms with Crippen LogP contribution in [0.25, 0.3) is 33.5 Å². The third-order valence-electron chi connectivity index (χ3n) is 4.42. The molecule has 10 heteroatoms. The molecule has 140 valence electrons. The SMILES string of the molecule is COc1cc2c(-c3cn[nH]c3)c(-c3n[nH]c([C@@H](C)F)n3)n(C)c2c(F)c1Cl. The van der Waals surface area contributed by atoms with Crippen molar-refractivity contribution in [2.75, 3.05) is 7.11 Å². The van der Waals surface area contributed by atoms with Crippen LogP contribution in [0.4, 0.5) is 8.78 Å². The fourth-order valence-electron chi connectivity index (χ4n) is 3.17. The highest BCUT2D eigenvalue weighted by Gasteiger charge is 2.27. The van der Waals surface area contributed by atoms with E-state index in [1.165, 1.54) is 14.0 Å². The number of nitrogens with zero attached hydrogens (tertiary/aromatic N) is 4. The number of H-pyrrole nitrogens is 2. The minimum absolute atomic E-state index is 0.0875. The van der Waals surface area contributed by atoms with Crippen molar-refractivity contribution in [3.05, 3.63) is 35.1 Å². The van der Waals surface area contributed by atoms with E-state index in [4.69, 9.17) is 16.3 Å². The lowest BCUT2D eigenvalue weighted by atomic mass is 10.0. The zero-order chi connectivity index (χ0) is 19.3. The van der Waals surface area contributed by atoms with E-state index in [9.17, 15) is 4.39 Å². The van der Waals surface area contributed by atoms with Gasteiger partial charge in [-0.05, 0) is 13.0 Å². The van der Waals surface area contributed by atoms with Gasteiger partial charge in [-0.25, -0.2) is 13.8 Å². The highest BCUT2D eigenvalue weighted by molar-refractivity contribution is 6.33. The Kier molecular flexibility index (Phi) is 4.11. The van der Waals surface area contributed by atoms with Crippen LogP contribution in [0.5, 0.6) is 5.75 Å². The fourth-order valence-corrected chi connectivity index (χ4v) is 3.39. The van der Waals surface area contributed by atoms with E-state index in [1.807, 2.05) is 0 Å². The lowest BCUT2D eigenvalue weighted by Crippen LogP contribution is -1.97. The van der Waals surface area contributed by atoms with Gasteiger partial charge in [0.2, 0.25) is 0 Å². The molecule has 1 atom stereocenters. The Bertz CT molecular complexity index is 1130. The minimum atomic E-state index is -1.32. The Labute approximate surface area is 157 Å². The summed E-state index contributed by atoms with van der Waals surface area (Å²) < 4.78 is 35.4. The molecule has 0 unspecified atom stereocenters. The van der Waals surface area contributed by atoms with E-state index in [0.29, 0.717) is 22.2 Å². The van der Waals surface area contributed by atoms with Gasteiger partial charge in [0, 0.05) is 29.8 Å². The summed E-state index contributed by atoms with van der Waals surface area (Å²) in [5.74, 6) is -0.0980. The molecule has 0 aliphatic carbocycles. The normalized spacial score (nSPS) is 12.7. The van der Waals surface area contributed by atoms with Crippen molar-refractivity contribution in [3.8, 4) is 28.4 Å². The first-order valence-electron chi connectivity index (χ1n) is 8.04. The maximum Gasteiger partial charge on any atom is 0.198 e. The van der Waals surface area contributed by atoms with Gasteiger partial charge in [0.05, 0.1) is 24.5 Å². The fraction of sp³-hybridized carbons (Fsp3) is 0.235. The first-order chi connectivity index (χ1) is 12.9. The number of alkyl halides is 1. The molecular weight excluding hydrogens is 378 g/mol. The second-order valence-electron chi connectivity index (χ2n) is 6.03. The number of aromatic amines is 2. The Morgan fingerprint density at radius 1 is 1.37 bits per heavy atom. The Morgan fingerprint density at radius 3 is 2.74 bits per heavy atom. The summed E-state index contributed by atoms with van der Waals surface area (Å²) in [7, 11) is 3.08. The van der Waals surface area contributed by atoms with Gasteiger partial charge in [-0.15, -0.1) is 0 Å². The summed E-state index contributed by atoms with van der Waals surface area (Å²) in [6, 6.07) is 1.65. The van der Waals surface area contributed by atoms with E-state index in [2.05, 4.69) is 25.4 Å². The van der Waals surface area contributed by atoms with Crippen LogP contribution in [0, 0.1) is 5.82 Å². The van der Waals surface area contributed by atoms with Crippen LogP contribution < -0.4 is 4.74 Å². The molecule has 27 heavy (non-hydrogen) atoms. The van der Waals surface area contributed by atoms with Crippen LogP contribution in [0.1, 0.15) is 18.9 Å². The van der Waals surface area contributed by atoms with Gasteiger partial charge in [-0.1, -0.05) is 11.6 Å². The van der Waals surface area contributed by atoms with Crippen LogP contribution in [0.15, 0.2) is 18.5 Å². The molecule has 0 spiro atoms. The number of benzene rings is 1. The van der Waals surface area contributed by atoms with Gasteiger partial charge in [0.15, 0.2) is 23.6 Å². The van der Waals surface area contributed by atoms with E-state index in [1.54, 1.807) is 30.1 Å². The van der Waals surface area contributed by atoms with Crippen LogP contribution in [-0.2, 0) is 7.05 Å². The molecule has 0 aliphatic rings. The number of hydrogen-bond donors (Lipinski definition) is 2. The quantitative estimate of drug-likeness (QED) is 0.545. The lowest BCUT2D eigenvalue weighted by Gasteiger charge is -2.06. The molecule has 1 aromatic carbocycles. The molecule has 3 heterocycles. The van der Waals surface area contributed by atoms with Crippen molar-refractivity contribution < 1.29 is 13.5 Å². The minimum Gasteiger partial charge on any atom is -0.495 e. The van der Waals surface area contributed by atoms with Gasteiger partial charge in [-0.3, -0.25) is 10.2 Å². The first kappa shape index (κ1) is 17.5. The zero-order valence-corrected chi connectivity index (χ0v) is 15.4. The van der Waals surface area contributed by atoms with E-state index < -0.39 is 12.0 Å². The topological polar surface area (TPSA) is 84.4 Å². The third-order valence-corrected chi connectivity index (χ3v) is 4.77. The van der Waals surface area contributed by atoms with Crippen LogP contribution in [0.3, 0.4) is 0 Å². The van der Waals surface area contributed by atoms with Gasteiger partial charge in [0.1, 0.15) is 10.8 Å². The number of methoxy groups -OCH3 is 1. The summed E-state index contributed by atoms with van der Waals surface area (Å²) in [6.45, 7) is 1.35. The Morgan fingerprint density at radius 2 is 2.15 bits per heavy atom. The van der Waals surface area contributed by atoms with Gasteiger partial charge >= 0.3 is 0 Å². The number of rotatable bonds is 4. The highest BCUT2D eigenvalue weighted by atomic mass is 35.5. The van der Waals surface area contributed by atoms with E-state index in [0.717, 1.165) is 0 Å². The van der Waals surface area contributed by atoms with Gasteiger partial charge in [-0.2, -0.15) is 10.2 Å². The molecule has 4 rings (SSSR count). The van der Waals surface area contributed by atoms with Gasteiger partial charge in [0.25, 0.3) is 0 Å². The maximum absolute atomic E-state index is 15.0. The molecule has 3 aromatic heterocycles. The maximum atomic E-state index is 15.0. The van der Waals surface area contributed by atoms with Crippen molar-refractivity contribution in [3.63, 3.8) is 0 Å². The van der Waals surface area contributed by atoms with Crippen molar-refractivity contribution >= 4 is 22.5 Å². The monoisotopic (exact) mass is 392 g/mol. The van der Waals surface area contributed by atoms with E-state index >= 15 is 4.39 Å². The predicted octanol–water partition coefficient (Wildman–Crippen LogP) is 4.19. The molecule has 0 bridgehead atoms. The van der Waals surface area contributed by atoms with Crippen molar-refractivity contribution in [2.24, 2.45) is 7.05 Å². The summed E-state index contributed by atoms with van der Waals surface area (Å²) in [6.07, 6.45) is 1.95. The Hall–Kier alpha value is -2.94. The molecule has 0 aliphatic heterocycles. The molecule has 0 radical (unpaired) electrons. The molecule has 0 saturated heterocycles. The zero-order valence-electron chi connectivity index (χ0n) is 14.6. The van der Waals surface area contributed by atoms with Gasteiger partial charge < -0.3 is 9.30 Å². The predicted molar refractivity (Wildman–Crippen MR) is 96.9 cm³/mol. The second-order valence-corrected chi connectivity index (χ2v) is 6.41. The average Bonchev–Trinajstić information content (AvgIpc) is 3.36. The number of aromatic nitrogens is 6. The smallest absolute Gasteiger partial charge is 0.198 e. The Balaban J connectivity index is 2.12. The second kappa shape index (κ2) is 6.34. The van der Waals surface area contributed by atoms with E-state index in [-0.39, 0.29) is 27.9 Å². The highest BCUT2D eigenvalue weighted by Crippen LogP contribution is 2.44. The summed E-state index contributed by atoms with van der Waals surface area (Å²) >= 11 is 6.10. The lowest BCUT2D eigenvalue weighted by molar-refractivity contribution is 0.357. The van der Waals surface area contributed by atoms with Crippen molar-refractivity contribution in [2.45, 2.75) is 13.1 Å². The number of nitrogens with one attached hydrogen (secondary N) is 2.